The highest BCUT2D eigenvalue weighted by Crippen LogP contribution is 2.27. The van der Waals surface area contributed by atoms with Crippen LogP contribution in [0.4, 0.5) is 17.6 Å². The van der Waals surface area contributed by atoms with Gasteiger partial charge >= 0.3 is 12.5 Å². The summed E-state index contributed by atoms with van der Waals surface area (Å²) < 4.78 is 52.8. The summed E-state index contributed by atoms with van der Waals surface area (Å²) in [5.41, 5.74) is 6.17. The van der Waals surface area contributed by atoms with Crippen molar-refractivity contribution in [3.63, 3.8) is 0 Å². The van der Waals surface area contributed by atoms with Gasteiger partial charge in [-0.05, 0) is 24.1 Å². The van der Waals surface area contributed by atoms with E-state index in [4.69, 9.17) is 10.8 Å². The van der Waals surface area contributed by atoms with E-state index in [1.54, 1.807) is 0 Å². The molecule has 0 aromatic heterocycles. The SMILES string of the molecule is Cl.NC(CO)Cc1ccc(OC(F)(F)C(F)F)cc1. The zero-order chi connectivity index (χ0) is 13.8. The molecule has 0 aliphatic heterocycles. The average molecular weight is 304 g/mol. The first-order valence-electron chi connectivity index (χ1n) is 5.15. The number of alkyl halides is 4. The highest BCUT2D eigenvalue weighted by Gasteiger charge is 2.43. The van der Waals surface area contributed by atoms with E-state index < -0.39 is 18.6 Å². The second-order valence-corrected chi connectivity index (χ2v) is 3.76. The van der Waals surface area contributed by atoms with Crippen LogP contribution < -0.4 is 10.5 Å². The summed E-state index contributed by atoms with van der Waals surface area (Å²) in [6, 6.07) is 4.68. The average Bonchev–Trinajstić information content (AvgIpc) is 2.31. The fourth-order valence-corrected chi connectivity index (χ4v) is 1.26. The number of aliphatic hydroxyl groups is 1. The van der Waals surface area contributed by atoms with E-state index in [1.807, 2.05) is 0 Å². The van der Waals surface area contributed by atoms with Crippen molar-refractivity contribution in [3.8, 4) is 5.75 Å². The van der Waals surface area contributed by atoms with E-state index in [0.29, 0.717) is 12.0 Å². The molecule has 19 heavy (non-hydrogen) atoms. The van der Waals surface area contributed by atoms with Gasteiger partial charge in [-0.2, -0.15) is 17.6 Å². The highest BCUT2D eigenvalue weighted by molar-refractivity contribution is 5.85. The summed E-state index contributed by atoms with van der Waals surface area (Å²) in [4.78, 5) is 0. The van der Waals surface area contributed by atoms with Gasteiger partial charge in [0.15, 0.2) is 0 Å². The van der Waals surface area contributed by atoms with Gasteiger partial charge in [0.25, 0.3) is 0 Å². The summed E-state index contributed by atoms with van der Waals surface area (Å²) in [5, 5.41) is 8.73. The Kier molecular flexibility index (Phi) is 7.10. The van der Waals surface area contributed by atoms with Crippen LogP contribution in [0.3, 0.4) is 0 Å². The fourth-order valence-electron chi connectivity index (χ4n) is 1.26. The molecule has 0 saturated heterocycles. The maximum Gasteiger partial charge on any atom is 0.461 e. The van der Waals surface area contributed by atoms with E-state index in [2.05, 4.69) is 4.74 Å². The Morgan fingerprint density at radius 1 is 1.21 bits per heavy atom. The first-order valence-corrected chi connectivity index (χ1v) is 5.15. The standard InChI is InChI=1S/C11H13F4NO2.ClH/c12-10(13)11(14,15)18-9-3-1-7(2-4-9)5-8(16)6-17;/h1-4,8,10,17H,5-6,16H2;1H. The lowest BCUT2D eigenvalue weighted by Gasteiger charge is -2.17. The Morgan fingerprint density at radius 2 is 1.74 bits per heavy atom. The summed E-state index contributed by atoms with van der Waals surface area (Å²) in [6.07, 6.45) is -8.05. The van der Waals surface area contributed by atoms with Gasteiger partial charge in [0.05, 0.1) is 6.61 Å². The third kappa shape index (κ3) is 5.63. The quantitative estimate of drug-likeness (QED) is 0.792. The number of hydrogen-bond donors (Lipinski definition) is 2. The van der Waals surface area contributed by atoms with Crippen molar-refractivity contribution in [3.05, 3.63) is 29.8 Å². The van der Waals surface area contributed by atoms with E-state index >= 15 is 0 Å². The summed E-state index contributed by atoms with van der Waals surface area (Å²) in [7, 11) is 0. The Bertz CT molecular complexity index is 375. The van der Waals surface area contributed by atoms with Crippen molar-refractivity contribution < 1.29 is 27.4 Å². The van der Waals surface area contributed by atoms with E-state index in [0.717, 1.165) is 12.1 Å². The Morgan fingerprint density at radius 3 is 2.16 bits per heavy atom. The number of rotatable bonds is 6. The first kappa shape index (κ1) is 17.9. The van der Waals surface area contributed by atoms with Crippen LogP contribution in [0.25, 0.3) is 0 Å². The van der Waals surface area contributed by atoms with Gasteiger partial charge in [-0.15, -0.1) is 12.4 Å². The van der Waals surface area contributed by atoms with Crippen LogP contribution in [0.5, 0.6) is 5.75 Å². The number of halogens is 5. The van der Waals surface area contributed by atoms with Crippen LogP contribution in [-0.4, -0.2) is 30.3 Å². The zero-order valence-electron chi connectivity index (χ0n) is 9.73. The second kappa shape index (κ2) is 7.52. The molecule has 0 fully saturated rings. The number of benzene rings is 1. The molecular weight excluding hydrogens is 290 g/mol. The molecule has 0 heterocycles. The topological polar surface area (TPSA) is 55.5 Å². The third-order valence-electron chi connectivity index (χ3n) is 2.16. The van der Waals surface area contributed by atoms with Crippen LogP contribution in [-0.2, 0) is 6.42 Å². The normalized spacial score (nSPS) is 13.0. The molecule has 0 bridgehead atoms. The smallest absolute Gasteiger partial charge is 0.428 e. The second-order valence-electron chi connectivity index (χ2n) is 3.76. The number of aliphatic hydroxyl groups excluding tert-OH is 1. The van der Waals surface area contributed by atoms with Gasteiger partial charge in [-0.3, -0.25) is 0 Å². The van der Waals surface area contributed by atoms with Crippen LogP contribution in [0.15, 0.2) is 24.3 Å². The summed E-state index contributed by atoms with van der Waals surface area (Å²) in [6.45, 7) is -0.207. The lowest BCUT2D eigenvalue weighted by molar-refractivity contribution is -0.253. The molecule has 0 saturated carbocycles. The Hall–Kier alpha value is -1.05. The highest BCUT2D eigenvalue weighted by atomic mass is 35.5. The van der Waals surface area contributed by atoms with Gasteiger partial charge in [-0.25, -0.2) is 0 Å². The van der Waals surface area contributed by atoms with E-state index in [9.17, 15) is 17.6 Å². The maximum absolute atomic E-state index is 12.6. The van der Waals surface area contributed by atoms with Crippen LogP contribution in [0.1, 0.15) is 5.56 Å². The van der Waals surface area contributed by atoms with Gasteiger partial charge in [0, 0.05) is 6.04 Å². The molecule has 1 rings (SSSR count). The summed E-state index contributed by atoms with van der Waals surface area (Å²) in [5.74, 6) is -0.360. The van der Waals surface area contributed by atoms with E-state index in [1.165, 1.54) is 12.1 Å². The van der Waals surface area contributed by atoms with Crippen molar-refractivity contribution in [2.75, 3.05) is 6.61 Å². The van der Waals surface area contributed by atoms with Crippen LogP contribution in [0, 0.1) is 0 Å². The Labute approximate surface area is 113 Å². The molecule has 0 spiro atoms. The molecule has 0 radical (unpaired) electrons. The van der Waals surface area contributed by atoms with Gasteiger partial charge in [0.2, 0.25) is 0 Å². The molecule has 3 nitrogen and oxygen atoms in total. The molecule has 8 heteroatoms. The van der Waals surface area contributed by atoms with E-state index in [-0.39, 0.29) is 24.8 Å². The van der Waals surface area contributed by atoms with Crippen molar-refractivity contribution in [2.45, 2.75) is 25.0 Å². The minimum absolute atomic E-state index is 0. The molecule has 110 valence electrons. The van der Waals surface area contributed by atoms with Gasteiger partial charge < -0.3 is 15.6 Å². The molecule has 1 aromatic rings. The molecular formula is C11H14ClF4NO2. The number of ether oxygens (including phenoxy) is 1. The van der Waals surface area contributed by atoms with Crippen LogP contribution >= 0.6 is 12.4 Å². The molecule has 0 aliphatic carbocycles. The van der Waals surface area contributed by atoms with Gasteiger partial charge in [0.1, 0.15) is 5.75 Å². The minimum Gasteiger partial charge on any atom is -0.428 e. The van der Waals surface area contributed by atoms with Gasteiger partial charge in [-0.1, -0.05) is 12.1 Å². The van der Waals surface area contributed by atoms with Crippen molar-refractivity contribution in [2.24, 2.45) is 5.73 Å². The third-order valence-corrected chi connectivity index (χ3v) is 2.16. The lowest BCUT2D eigenvalue weighted by atomic mass is 10.1. The zero-order valence-corrected chi connectivity index (χ0v) is 10.5. The van der Waals surface area contributed by atoms with Crippen LogP contribution in [0.2, 0.25) is 0 Å². The largest absolute Gasteiger partial charge is 0.461 e. The maximum atomic E-state index is 12.6. The lowest BCUT2D eigenvalue weighted by Crippen LogP contribution is -2.33. The predicted octanol–water partition coefficient (Wildman–Crippen LogP) is 2.21. The minimum atomic E-state index is -4.51. The number of nitrogens with two attached hydrogens (primary N) is 1. The van der Waals surface area contributed by atoms with Crippen molar-refractivity contribution in [1.82, 2.24) is 0 Å². The fraction of sp³-hybridized carbons (Fsp3) is 0.455. The predicted molar refractivity (Wildman–Crippen MR) is 64.0 cm³/mol. The molecule has 3 N–H and O–H groups in total. The molecule has 0 aliphatic rings. The van der Waals surface area contributed by atoms with Crippen molar-refractivity contribution >= 4 is 12.4 Å². The monoisotopic (exact) mass is 303 g/mol. The molecule has 1 aromatic carbocycles. The first-order chi connectivity index (χ1) is 8.35. The van der Waals surface area contributed by atoms with Crippen molar-refractivity contribution in [1.29, 1.82) is 0 Å². The molecule has 1 atom stereocenters. The Balaban J connectivity index is 0.00000324. The molecule has 1 unspecified atom stereocenters. The molecule has 0 amide bonds. The summed E-state index contributed by atoms with van der Waals surface area (Å²) >= 11 is 0. The number of hydrogen-bond acceptors (Lipinski definition) is 3.